The first-order valence-electron chi connectivity index (χ1n) is 7.39. The molecule has 2 saturated carbocycles. The Morgan fingerprint density at radius 1 is 1.15 bits per heavy atom. The Kier molecular flexibility index (Phi) is 3.84. The minimum Gasteiger partial charge on any atom is -0.310 e. The molecule has 0 heterocycles. The zero-order chi connectivity index (χ0) is 14.2. The van der Waals surface area contributed by atoms with Crippen molar-refractivity contribution in [1.82, 2.24) is 10.0 Å². The van der Waals surface area contributed by atoms with Crippen LogP contribution in [0.15, 0.2) is 29.2 Å². The van der Waals surface area contributed by atoms with Crippen LogP contribution in [-0.2, 0) is 16.6 Å². The molecule has 20 heavy (non-hydrogen) atoms. The SMILES string of the molecule is CC(NS(=O)(=O)c1ccc(CNC2CC2)cc1)C1CC1. The Balaban J connectivity index is 1.62. The van der Waals surface area contributed by atoms with Crippen molar-refractivity contribution >= 4 is 10.0 Å². The Morgan fingerprint density at radius 3 is 2.35 bits per heavy atom. The van der Waals surface area contributed by atoms with Gasteiger partial charge in [-0.1, -0.05) is 12.1 Å². The molecule has 2 fully saturated rings. The van der Waals surface area contributed by atoms with E-state index in [1.165, 1.54) is 12.8 Å². The van der Waals surface area contributed by atoms with E-state index in [0.717, 1.165) is 24.9 Å². The first kappa shape index (κ1) is 14.0. The van der Waals surface area contributed by atoms with E-state index in [9.17, 15) is 8.42 Å². The molecule has 1 aromatic rings. The number of nitrogens with one attached hydrogen (secondary N) is 2. The van der Waals surface area contributed by atoms with Gasteiger partial charge in [-0.05, 0) is 56.2 Å². The van der Waals surface area contributed by atoms with E-state index in [2.05, 4.69) is 10.0 Å². The van der Waals surface area contributed by atoms with E-state index >= 15 is 0 Å². The number of benzene rings is 1. The van der Waals surface area contributed by atoms with E-state index in [-0.39, 0.29) is 6.04 Å². The maximum absolute atomic E-state index is 12.2. The Hall–Kier alpha value is -0.910. The predicted octanol–water partition coefficient (Wildman–Crippen LogP) is 2.02. The summed E-state index contributed by atoms with van der Waals surface area (Å²) in [6.45, 7) is 2.76. The van der Waals surface area contributed by atoms with Gasteiger partial charge in [0.05, 0.1) is 4.90 Å². The summed E-state index contributed by atoms with van der Waals surface area (Å²) in [6, 6.07) is 7.89. The first-order valence-corrected chi connectivity index (χ1v) is 8.87. The maximum atomic E-state index is 12.2. The summed E-state index contributed by atoms with van der Waals surface area (Å²) in [4.78, 5) is 0.361. The van der Waals surface area contributed by atoms with Gasteiger partial charge in [0.15, 0.2) is 0 Å². The highest BCUT2D eigenvalue weighted by atomic mass is 32.2. The highest BCUT2D eigenvalue weighted by Gasteiger charge is 2.31. The van der Waals surface area contributed by atoms with Gasteiger partial charge in [-0.3, -0.25) is 0 Å². The largest absolute Gasteiger partial charge is 0.310 e. The molecule has 110 valence electrons. The highest BCUT2D eigenvalue weighted by Crippen LogP contribution is 2.33. The standard InChI is InChI=1S/C15H22N2O2S/c1-11(13-4-5-13)17-20(18,19)15-8-2-12(3-9-15)10-16-14-6-7-14/h2-3,8-9,11,13-14,16-17H,4-7,10H2,1H3. The maximum Gasteiger partial charge on any atom is 0.240 e. The van der Waals surface area contributed by atoms with E-state index in [1.54, 1.807) is 12.1 Å². The minimum absolute atomic E-state index is 0.0382. The lowest BCUT2D eigenvalue weighted by atomic mass is 10.2. The molecule has 0 saturated heterocycles. The zero-order valence-electron chi connectivity index (χ0n) is 11.8. The Morgan fingerprint density at radius 2 is 1.80 bits per heavy atom. The lowest BCUT2D eigenvalue weighted by molar-refractivity contribution is 0.538. The molecular formula is C15H22N2O2S. The second kappa shape index (κ2) is 5.47. The zero-order valence-corrected chi connectivity index (χ0v) is 12.6. The van der Waals surface area contributed by atoms with Gasteiger partial charge in [0.2, 0.25) is 10.0 Å². The molecule has 2 aliphatic rings. The van der Waals surface area contributed by atoms with E-state index in [4.69, 9.17) is 0 Å². The van der Waals surface area contributed by atoms with Gasteiger partial charge in [0.1, 0.15) is 0 Å². The fourth-order valence-corrected chi connectivity index (χ4v) is 3.65. The molecule has 3 rings (SSSR count). The average Bonchev–Trinajstić information content (AvgIpc) is 3.29. The molecule has 1 unspecified atom stereocenters. The summed E-state index contributed by atoms with van der Waals surface area (Å²) < 4.78 is 27.2. The fourth-order valence-electron chi connectivity index (χ4n) is 2.34. The van der Waals surface area contributed by atoms with Crippen LogP contribution < -0.4 is 10.0 Å². The average molecular weight is 294 g/mol. The Labute approximate surface area is 121 Å². The van der Waals surface area contributed by atoms with Gasteiger partial charge < -0.3 is 5.32 Å². The fraction of sp³-hybridized carbons (Fsp3) is 0.600. The molecule has 5 heteroatoms. The smallest absolute Gasteiger partial charge is 0.240 e. The Bertz CT molecular complexity index is 560. The summed E-state index contributed by atoms with van der Waals surface area (Å²) in [5.74, 6) is 0.520. The van der Waals surface area contributed by atoms with Crippen LogP contribution in [0.1, 0.15) is 38.2 Å². The second-order valence-corrected chi connectivity index (χ2v) is 7.76. The molecule has 0 aromatic heterocycles. The van der Waals surface area contributed by atoms with Gasteiger partial charge in [-0.2, -0.15) is 0 Å². The molecule has 4 nitrogen and oxygen atoms in total. The molecular weight excluding hydrogens is 272 g/mol. The van der Waals surface area contributed by atoms with Gasteiger partial charge in [-0.15, -0.1) is 0 Å². The van der Waals surface area contributed by atoms with Crippen LogP contribution in [0.2, 0.25) is 0 Å². The van der Waals surface area contributed by atoms with Gasteiger partial charge >= 0.3 is 0 Å². The quantitative estimate of drug-likeness (QED) is 0.809. The van der Waals surface area contributed by atoms with Crippen LogP contribution >= 0.6 is 0 Å². The van der Waals surface area contributed by atoms with Gasteiger partial charge in [-0.25, -0.2) is 13.1 Å². The van der Waals surface area contributed by atoms with Crippen LogP contribution in [-0.4, -0.2) is 20.5 Å². The number of hydrogen-bond donors (Lipinski definition) is 2. The van der Waals surface area contributed by atoms with E-state index < -0.39 is 10.0 Å². The number of hydrogen-bond acceptors (Lipinski definition) is 3. The molecule has 0 spiro atoms. The van der Waals surface area contributed by atoms with Crippen LogP contribution in [0, 0.1) is 5.92 Å². The predicted molar refractivity (Wildman–Crippen MR) is 78.8 cm³/mol. The molecule has 1 aromatic carbocycles. The third-order valence-electron chi connectivity index (χ3n) is 4.08. The van der Waals surface area contributed by atoms with Crippen molar-refractivity contribution < 1.29 is 8.42 Å². The van der Waals surface area contributed by atoms with Gasteiger partial charge in [0.25, 0.3) is 0 Å². The van der Waals surface area contributed by atoms with Crippen molar-refractivity contribution in [3.05, 3.63) is 29.8 Å². The van der Waals surface area contributed by atoms with Crippen molar-refractivity contribution in [2.24, 2.45) is 5.92 Å². The van der Waals surface area contributed by atoms with Crippen LogP contribution in [0.4, 0.5) is 0 Å². The van der Waals surface area contributed by atoms with Crippen molar-refractivity contribution in [1.29, 1.82) is 0 Å². The molecule has 2 aliphatic carbocycles. The van der Waals surface area contributed by atoms with Crippen molar-refractivity contribution in [2.75, 3.05) is 0 Å². The summed E-state index contributed by atoms with van der Waals surface area (Å²) in [7, 11) is -3.37. The second-order valence-electron chi connectivity index (χ2n) is 6.05. The third kappa shape index (κ3) is 3.59. The molecule has 0 aliphatic heterocycles. The van der Waals surface area contributed by atoms with Crippen LogP contribution in [0.5, 0.6) is 0 Å². The lowest BCUT2D eigenvalue weighted by Gasteiger charge is -2.13. The van der Waals surface area contributed by atoms with Crippen molar-refractivity contribution in [3.63, 3.8) is 0 Å². The van der Waals surface area contributed by atoms with Crippen LogP contribution in [0.25, 0.3) is 0 Å². The molecule has 1 atom stereocenters. The normalized spacial score (nSPS) is 20.9. The summed E-state index contributed by atoms with van der Waals surface area (Å²) in [5, 5.41) is 3.42. The van der Waals surface area contributed by atoms with E-state index in [0.29, 0.717) is 16.9 Å². The topological polar surface area (TPSA) is 58.2 Å². The van der Waals surface area contributed by atoms with Crippen molar-refractivity contribution in [2.45, 2.75) is 56.1 Å². The first-order chi connectivity index (χ1) is 9.54. The molecule has 2 N–H and O–H groups in total. The summed E-state index contributed by atoms with van der Waals surface area (Å²) >= 11 is 0. The van der Waals surface area contributed by atoms with Gasteiger partial charge in [0, 0.05) is 18.6 Å². The summed E-state index contributed by atoms with van der Waals surface area (Å²) in [6.07, 6.45) is 4.79. The molecule has 0 amide bonds. The van der Waals surface area contributed by atoms with E-state index in [1.807, 2.05) is 19.1 Å². The number of rotatable bonds is 7. The molecule has 0 radical (unpaired) electrons. The molecule has 0 bridgehead atoms. The summed E-state index contributed by atoms with van der Waals surface area (Å²) in [5.41, 5.74) is 1.13. The minimum atomic E-state index is -3.37. The highest BCUT2D eigenvalue weighted by molar-refractivity contribution is 7.89. The van der Waals surface area contributed by atoms with Crippen molar-refractivity contribution in [3.8, 4) is 0 Å². The third-order valence-corrected chi connectivity index (χ3v) is 5.65. The number of sulfonamides is 1. The monoisotopic (exact) mass is 294 g/mol. The van der Waals surface area contributed by atoms with Crippen LogP contribution in [0.3, 0.4) is 0 Å². The lowest BCUT2D eigenvalue weighted by Crippen LogP contribution is -2.34.